The molecule has 2 aromatic rings. The Morgan fingerprint density at radius 2 is 2.05 bits per heavy atom. The molecule has 0 amide bonds. The Kier molecular flexibility index (Phi) is 3.88. The predicted octanol–water partition coefficient (Wildman–Crippen LogP) is 2.88. The third-order valence-corrected chi connectivity index (χ3v) is 2.58. The van der Waals surface area contributed by atoms with Gasteiger partial charge in [-0.25, -0.2) is 9.78 Å². The zero-order valence-electron chi connectivity index (χ0n) is 10.8. The average molecular weight is 301 g/mol. The first-order chi connectivity index (χ1) is 9.80. The summed E-state index contributed by atoms with van der Waals surface area (Å²) >= 11 is 0. The molecule has 0 fully saturated rings. The number of carboxylic acid groups (broad SMARTS) is 1. The third-order valence-electron chi connectivity index (χ3n) is 2.58. The minimum absolute atomic E-state index is 0.0111. The van der Waals surface area contributed by atoms with Gasteiger partial charge in [0.1, 0.15) is 11.5 Å². The maximum Gasteiger partial charge on any atom is 0.422 e. The van der Waals surface area contributed by atoms with Crippen molar-refractivity contribution in [2.45, 2.75) is 6.18 Å². The summed E-state index contributed by atoms with van der Waals surface area (Å²) in [4.78, 5) is 14.8. The predicted molar refractivity (Wildman–Crippen MR) is 66.8 cm³/mol. The Balaban J connectivity index is 2.42. The van der Waals surface area contributed by atoms with E-state index in [0.29, 0.717) is 5.39 Å². The molecule has 0 unspecified atom stereocenters. The van der Waals surface area contributed by atoms with Crippen LogP contribution in [0.4, 0.5) is 13.2 Å². The number of ether oxygens (including phenoxy) is 2. The van der Waals surface area contributed by atoms with Crippen molar-refractivity contribution in [2.75, 3.05) is 13.7 Å². The highest BCUT2D eigenvalue weighted by Gasteiger charge is 2.28. The number of hydrogen-bond donors (Lipinski definition) is 1. The fraction of sp³-hybridized carbons (Fsp3) is 0.231. The molecule has 5 nitrogen and oxygen atoms in total. The Bertz CT molecular complexity index is 685. The lowest BCUT2D eigenvalue weighted by atomic mass is 10.1. The van der Waals surface area contributed by atoms with E-state index in [1.54, 1.807) is 0 Å². The Labute approximate surface area is 116 Å². The number of aromatic nitrogens is 1. The van der Waals surface area contributed by atoms with Crippen LogP contribution in [0.15, 0.2) is 24.3 Å². The van der Waals surface area contributed by atoms with Crippen molar-refractivity contribution in [1.29, 1.82) is 0 Å². The van der Waals surface area contributed by atoms with Crippen molar-refractivity contribution in [2.24, 2.45) is 0 Å². The van der Waals surface area contributed by atoms with Gasteiger partial charge in [0, 0.05) is 11.5 Å². The molecule has 1 aromatic carbocycles. The fourth-order valence-electron chi connectivity index (χ4n) is 1.71. The van der Waals surface area contributed by atoms with Crippen molar-refractivity contribution in [3.8, 4) is 11.5 Å². The summed E-state index contributed by atoms with van der Waals surface area (Å²) < 4.78 is 46.0. The molecule has 1 N–H and O–H groups in total. The molecule has 0 saturated heterocycles. The van der Waals surface area contributed by atoms with Crippen LogP contribution in [0.1, 0.15) is 10.5 Å². The monoisotopic (exact) mass is 301 g/mol. The third kappa shape index (κ3) is 3.53. The number of pyridine rings is 1. The molecule has 0 aliphatic rings. The molecule has 21 heavy (non-hydrogen) atoms. The second-order valence-electron chi connectivity index (χ2n) is 4.10. The van der Waals surface area contributed by atoms with Crippen molar-refractivity contribution in [3.05, 3.63) is 30.0 Å². The van der Waals surface area contributed by atoms with Gasteiger partial charge in [-0.3, -0.25) is 0 Å². The van der Waals surface area contributed by atoms with E-state index >= 15 is 0 Å². The Hall–Kier alpha value is -2.51. The van der Waals surface area contributed by atoms with Crippen LogP contribution in [0, 0.1) is 0 Å². The van der Waals surface area contributed by atoms with Crippen LogP contribution in [0.2, 0.25) is 0 Å². The molecule has 2 rings (SSSR count). The summed E-state index contributed by atoms with van der Waals surface area (Å²) in [6.07, 6.45) is -4.44. The topological polar surface area (TPSA) is 68.7 Å². The lowest BCUT2D eigenvalue weighted by Gasteiger charge is -2.11. The highest BCUT2D eigenvalue weighted by atomic mass is 19.4. The maximum atomic E-state index is 12.1. The van der Waals surface area contributed by atoms with Gasteiger partial charge in [-0.15, -0.1) is 0 Å². The van der Waals surface area contributed by atoms with Crippen molar-refractivity contribution >= 4 is 16.9 Å². The highest BCUT2D eigenvalue weighted by Crippen LogP contribution is 2.29. The van der Waals surface area contributed by atoms with E-state index in [4.69, 9.17) is 9.84 Å². The maximum absolute atomic E-state index is 12.1. The van der Waals surface area contributed by atoms with Crippen LogP contribution in [-0.4, -0.2) is 36.0 Å². The number of hydrogen-bond acceptors (Lipinski definition) is 4. The molecular formula is C13H10F3NO4. The van der Waals surface area contributed by atoms with Crippen LogP contribution in [0.5, 0.6) is 11.5 Å². The largest absolute Gasteiger partial charge is 0.496 e. The van der Waals surface area contributed by atoms with Gasteiger partial charge in [0.2, 0.25) is 0 Å². The molecule has 0 bridgehead atoms. The number of carbonyl (C=O) groups is 1. The summed E-state index contributed by atoms with van der Waals surface area (Å²) in [6, 6.07) is 5.17. The van der Waals surface area contributed by atoms with Crippen molar-refractivity contribution < 1.29 is 32.5 Å². The molecule has 112 valence electrons. The SMILES string of the molecule is COc1cc(C(=O)O)nc2ccc(OCC(F)(F)F)cc12. The zero-order valence-corrected chi connectivity index (χ0v) is 10.8. The van der Waals surface area contributed by atoms with Gasteiger partial charge in [0.15, 0.2) is 12.3 Å². The number of benzene rings is 1. The van der Waals surface area contributed by atoms with E-state index in [2.05, 4.69) is 9.72 Å². The number of alkyl halides is 3. The first kappa shape index (κ1) is 14.9. The number of halogens is 3. The minimum Gasteiger partial charge on any atom is -0.496 e. The molecular weight excluding hydrogens is 291 g/mol. The van der Waals surface area contributed by atoms with Crippen LogP contribution in [0.3, 0.4) is 0 Å². The van der Waals surface area contributed by atoms with Gasteiger partial charge in [0.25, 0.3) is 0 Å². The number of carboxylic acids is 1. The van der Waals surface area contributed by atoms with Crippen molar-refractivity contribution in [3.63, 3.8) is 0 Å². The number of rotatable bonds is 4. The Morgan fingerprint density at radius 3 is 2.62 bits per heavy atom. The smallest absolute Gasteiger partial charge is 0.422 e. The number of fused-ring (bicyclic) bond motifs is 1. The summed E-state index contributed by atoms with van der Waals surface area (Å²) in [5, 5.41) is 9.29. The first-order valence-corrected chi connectivity index (χ1v) is 5.72. The van der Waals surface area contributed by atoms with Crippen LogP contribution >= 0.6 is 0 Å². The first-order valence-electron chi connectivity index (χ1n) is 5.72. The molecule has 0 saturated carbocycles. The standard InChI is InChI=1S/C13H10F3NO4/c1-20-11-5-10(12(18)19)17-9-3-2-7(4-8(9)11)21-6-13(14,15)16/h2-5H,6H2,1H3,(H,18,19). The molecule has 0 radical (unpaired) electrons. The zero-order chi connectivity index (χ0) is 15.6. The molecule has 1 aromatic heterocycles. The van der Waals surface area contributed by atoms with E-state index in [1.807, 2.05) is 0 Å². The molecule has 0 atom stereocenters. The average Bonchev–Trinajstić information content (AvgIpc) is 2.42. The van der Waals surface area contributed by atoms with Crippen LogP contribution < -0.4 is 9.47 Å². The lowest BCUT2D eigenvalue weighted by molar-refractivity contribution is -0.153. The van der Waals surface area contributed by atoms with Gasteiger partial charge >= 0.3 is 12.1 Å². The quantitative estimate of drug-likeness (QED) is 0.940. The normalized spacial score (nSPS) is 11.4. The van der Waals surface area contributed by atoms with Gasteiger partial charge in [-0.05, 0) is 18.2 Å². The molecule has 0 aliphatic carbocycles. The Morgan fingerprint density at radius 1 is 1.33 bits per heavy atom. The summed E-state index contributed by atoms with van der Waals surface area (Å²) in [5.74, 6) is -1.05. The minimum atomic E-state index is -4.44. The summed E-state index contributed by atoms with van der Waals surface area (Å²) in [6.45, 7) is -1.42. The van der Waals surface area contributed by atoms with Gasteiger partial charge in [-0.2, -0.15) is 13.2 Å². The van der Waals surface area contributed by atoms with Crippen LogP contribution in [-0.2, 0) is 0 Å². The van der Waals surface area contributed by atoms with E-state index < -0.39 is 18.8 Å². The van der Waals surface area contributed by atoms with Crippen LogP contribution in [0.25, 0.3) is 10.9 Å². The van der Waals surface area contributed by atoms with E-state index in [1.165, 1.54) is 31.4 Å². The molecule has 1 heterocycles. The van der Waals surface area contributed by atoms with Gasteiger partial charge in [-0.1, -0.05) is 0 Å². The van der Waals surface area contributed by atoms with E-state index in [-0.39, 0.29) is 22.7 Å². The van der Waals surface area contributed by atoms with Gasteiger partial charge in [0.05, 0.1) is 12.6 Å². The van der Waals surface area contributed by atoms with E-state index in [0.717, 1.165) is 0 Å². The fourth-order valence-corrected chi connectivity index (χ4v) is 1.71. The second kappa shape index (κ2) is 5.47. The second-order valence-corrected chi connectivity index (χ2v) is 4.10. The lowest BCUT2D eigenvalue weighted by Crippen LogP contribution is -2.19. The number of methoxy groups -OCH3 is 1. The summed E-state index contributed by atoms with van der Waals surface area (Å²) in [5.41, 5.74) is 0.0643. The van der Waals surface area contributed by atoms with Crippen molar-refractivity contribution in [1.82, 2.24) is 4.98 Å². The summed E-state index contributed by atoms with van der Waals surface area (Å²) in [7, 11) is 1.32. The molecule has 8 heteroatoms. The number of nitrogens with zero attached hydrogens (tertiary/aromatic N) is 1. The molecule has 0 aliphatic heterocycles. The van der Waals surface area contributed by atoms with E-state index in [9.17, 15) is 18.0 Å². The number of aromatic carboxylic acids is 1. The highest BCUT2D eigenvalue weighted by molar-refractivity contribution is 5.93. The van der Waals surface area contributed by atoms with Gasteiger partial charge < -0.3 is 14.6 Å². The molecule has 0 spiro atoms.